The lowest BCUT2D eigenvalue weighted by Gasteiger charge is -2.28. The molecule has 0 aliphatic carbocycles. The summed E-state index contributed by atoms with van der Waals surface area (Å²) in [6.45, 7) is 1.87. The Balaban J connectivity index is 4.28. The molecule has 0 aliphatic heterocycles. The average Bonchev–Trinajstić information content (AvgIpc) is 2.15. The Kier molecular flexibility index (Phi) is 5.74. The molecule has 0 rings (SSSR count). The lowest BCUT2D eigenvalue weighted by atomic mass is 10.0. The van der Waals surface area contributed by atoms with Gasteiger partial charge in [-0.2, -0.15) is 30.7 Å². The summed E-state index contributed by atoms with van der Waals surface area (Å²) in [6.07, 6.45) is -5.61. The molecule has 0 fully saturated rings. The Morgan fingerprint density at radius 3 is 1.59 bits per heavy atom. The van der Waals surface area contributed by atoms with Crippen molar-refractivity contribution in [1.82, 2.24) is 0 Å². The molecule has 17 heavy (non-hydrogen) atoms. The average molecular weight is 268 g/mol. The highest BCUT2D eigenvalue weighted by Gasteiger charge is 2.72. The van der Waals surface area contributed by atoms with Gasteiger partial charge in [0.1, 0.15) is 0 Å². The minimum absolute atomic E-state index is 0.233. The van der Waals surface area contributed by atoms with Gasteiger partial charge >= 0.3 is 18.0 Å². The van der Waals surface area contributed by atoms with E-state index in [0.29, 0.717) is 6.42 Å². The number of alkyl halides is 7. The standard InChI is InChI=1S/C10H15F7/c1-2-3-4-5-6-7-8(11,12)9(13,14)10(15,16)17/h2-7H2,1H3. The van der Waals surface area contributed by atoms with E-state index in [0.717, 1.165) is 12.8 Å². The summed E-state index contributed by atoms with van der Waals surface area (Å²) >= 11 is 0. The van der Waals surface area contributed by atoms with Crippen LogP contribution in [0, 0.1) is 0 Å². The van der Waals surface area contributed by atoms with Crippen molar-refractivity contribution in [2.45, 2.75) is 63.5 Å². The Hall–Kier alpha value is -0.490. The van der Waals surface area contributed by atoms with Crippen molar-refractivity contribution in [2.24, 2.45) is 0 Å². The molecule has 0 nitrogen and oxygen atoms in total. The smallest absolute Gasteiger partial charge is 0.200 e. The van der Waals surface area contributed by atoms with Gasteiger partial charge in [0.15, 0.2) is 0 Å². The second kappa shape index (κ2) is 5.91. The first-order valence-corrected chi connectivity index (χ1v) is 5.38. The molecule has 7 heteroatoms. The van der Waals surface area contributed by atoms with Crippen LogP contribution in [-0.2, 0) is 0 Å². The fourth-order valence-corrected chi connectivity index (χ4v) is 1.31. The molecule has 0 aromatic heterocycles. The largest absolute Gasteiger partial charge is 0.459 e. The van der Waals surface area contributed by atoms with E-state index in [9.17, 15) is 30.7 Å². The van der Waals surface area contributed by atoms with Crippen LogP contribution >= 0.6 is 0 Å². The minimum Gasteiger partial charge on any atom is -0.200 e. The third-order valence-electron chi connectivity index (χ3n) is 2.41. The second-order valence-electron chi connectivity index (χ2n) is 3.94. The zero-order chi connectivity index (χ0) is 13.7. The third-order valence-corrected chi connectivity index (χ3v) is 2.41. The molecule has 104 valence electrons. The van der Waals surface area contributed by atoms with Crippen LogP contribution < -0.4 is 0 Å². The maximum absolute atomic E-state index is 12.7. The second-order valence-corrected chi connectivity index (χ2v) is 3.94. The molecule has 0 heterocycles. The molecule has 0 atom stereocenters. The highest BCUT2D eigenvalue weighted by molar-refractivity contribution is 4.90. The Labute approximate surface area is 95.2 Å². The van der Waals surface area contributed by atoms with E-state index in [1.54, 1.807) is 0 Å². The van der Waals surface area contributed by atoms with E-state index in [-0.39, 0.29) is 12.8 Å². The van der Waals surface area contributed by atoms with Crippen LogP contribution in [0.25, 0.3) is 0 Å². The molecule has 0 N–H and O–H groups in total. The first-order chi connectivity index (χ1) is 7.56. The molecule has 0 saturated carbocycles. The first kappa shape index (κ1) is 16.5. The van der Waals surface area contributed by atoms with Crippen LogP contribution in [0.5, 0.6) is 0 Å². The van der Waals surface area contributed by atoms with Gasteiger partial charge in [-0.3, -0.25) is 0 Å². The van der Waals surface area contributed by atoms with E-state index in [1.807, 2.05) is 6.92 Å². The molecule has 0 aromatic rings. The zero-order valence-electron chi connectivity index (χ0n) is 9.39. The fraction of sp³-hybridized carbons (Fsp3) is 1.00. The quantitative estimate of drug-likeness (QED) is 0.441. The maximum atomic E-state index is 12.7. The van der Waals surface area contributed by atoms with Crippen molar-refractivity contribution in [3.63, 3.8) is 0 Å². The van der Waals surface area contributed by atoms with E-state index < -0.39 is 24.4 Å². The van der Waals surface area contributed by atoms with Gasteiger partial charge in [0.2, 0.25) is 0 Å². The van der Waals surface area contributed by atoms with Gasteiger partial charge in [0.25, 0.3) is 0 Å². The number of hydrogen-bond acceptors (Lipinski definition) is 0. The summed E-state index contributed by atoms with van der Waals surface area (Å²) in [7, 11) is 0. The van der Waals surface area contributed by atoms with Crippen LogP contribution in [-0.4, -0.2) is 18.0 Å². The van der Waals surface area contributed by atoms with Crippen molar-refractivity contribution >= 4 is 0 Å². The summed E-state index contributed by atoms with van der Waals surface area (Å²) in [5.41, 5.74) is 0. The van der Waals surface area contributed by atoms with Gasteiger partial charge in [-0.25, -0.2) is 0 Å². The molecular formula is C10H15F7. The molecule has 0 aliphatic rings. The predicted octanol–water partition coefficient (Wildman–Crippen LogP) is 5.18. The van der Waals surface area contributed by atoms with Crippen LogP contribution in [0.4, 0.5) is 30.7 Å². The molecule has 0 saturated heterocycles. The van der Waals surface area contributed by atoms with Gasteiger partial charge in [-0.05, 0) is 6.42 Å². The molecular weight excluding hydrogens is 253 g/mol. The lowest BCUT2D eigenvalue weighted by molar-refractivity contribution is -0.355. The van der Waals surface area contributed by atoms with Crippen LogP contribution in [0.3, 0.4) is 0 Å². The fourth-order valence-electron chi connectivity index (χ4n) is 1.31. The van der Waals surface area contributed by atoms with Crippen molar-refractivity contribution in [3.8, 4) is 0 Å². The van der Waals surface area contributed by atoms with Crippen LogP contribution in [0.1, 0.15) is 45.4 Å². The van der Waals surface area contributed by atoms with Crippen molar-refractivity contribution < 1.29 is 30.7 Å². The van der Waals surface area contributed by atoms with E-state index >= 15 is 0 Å². The highest BCUT2D eigenvalue weighted by atomic mass is 19.4. The Bertz CT molecular complexity index is 219. The zero-order valence-corrected chi connectivity index (χ0v) is 9.39. The highest BCUT2D eigenvalue weighted by Crippen LogP contribution is 2.48. The number of hydrogen-bond donors (Lipinski definition) is 0. The van der Waals surface area contributed by atoms with Gasteiger partial charge < -0.3 is 0 Å². The number of unbranched alkanes of at least 4 members (excludes halogenated alkanes) is 4. The predicted molar refractivity (Wildman–Crippen MR) is 49.3 cm³/mol. The van der Waals surface area contributed by atoms with Crippen molar-refractivity contribution in [3.05, 3.63) is 0 Å². The van der Waals surface area contributed by atoms with Gasteiger partial charge in [-0.15, -0.1) is 0 Å². The monoisotopic (exact) mass is 268 g/mol. The summed E-state index contributed by atoms with van der Waals surface area (Å²) in [4.78, 5) is 0. The molecule has 0 aromatic carbocycles. The van der Waals surface area contributed by atoms with Gasteiger partial charge in [-0.1, -0.05) is 32.6 Å². The number of rotatable bonds is 7. The Morgan fingerprint density at radius 1 is 0.706 bits per heavy atom. The normalized spacial score (nSPS) is 14.1. The van der Waals surface area contributed by atoms with Gasteiger partial charge in [0, 0.05) is 6.42 Å². The summed E-state index contributed by atoms with van der Waals surface area (Å²) < 4.78 is 85.5. The molecule has 0 radical (unpaired) electrons. The topological polar surface area (TPSA) is 0 Å². The number of halogens is 7. The van der Waals surface area contributed by atoms with Crippen LogP contribution in [0.15, 0.2) is 0 Å². The molecule has 0 spiro atoms. The molecule has 0 bridgehead atoms. The summed E-state index contributed by atoms with van der Waals surface area (Å²) in [6, 6.07) is 0. The lowest BCUT2D eigenvalue weighted by Crippen LogP contribution is -2.51. The Morgan fingerprint density at radius 2 is 1.18 bits per heavy atom. The van der Waals surface area contributed by atoms with Crippen molar-refractivity contribution in [2.75, 3.05) is 0 Å². The minimum atomic E-state index is -6.21. The van der Waals surface area contributed by atoms with Crippen LogP contribution in [0.2, 0.25) is 0 Å². The van der Waals surface area contributed by atoms with Gasteiger partial charge in [0.05, 0.1) is 0 Å². The molecule has 0 unspecified atom stereocenters. The molecule has 0 amide bonds. The van der Waals surface area contributed by atoms with E-state index in [4.69, 9.17) is 0 Å². The van der Waals surface area contributed by atoms with Crippen molar-refractivity contribution in [1.29, 1.82) is 0 Å². The first-order valence-electron chi connectivity index (χ1n) is 5.38. The maximum Gasteiger partial charge on any atom is 0.459 e. The summed E-state index contributed by atoms with van der Waals surface area (Å²) in [5, 5.41) is 0. The van der Waals surface area contributed by atoms with E-state index in [2.05, 4.69) is 0 Å². The summed E-state index contributed by atoms with van der Waals surface area (Å²) in [5.74, 6) is -11.0. The SMILES string of the molecule is CCCCCCCC(F)(F)C(F)(F)C(F)(F)F. The van der Waals surface area contributed by atoms with E-state index in [1.165, 1.54) is 0 Å². The third kappa shape index (κ3) is 4.35.